The van der Waals surface area contributed by atoms with E-state index in [1.54, 1.807) is 42.1 Å². The highest BCUT2D eigenvalue weighted by Gasteiger charge is 2.53. The van der Waals surface area contributed by atoms with E-state index in [1.807, 2.05) is 174 Å². The Hall–Kier alpha value is -4.53. The van der Waals surface area contributed by atoms with Crippen LogP contribution >= 0.6 is 0 Å². The number of ether oxygens (including phenoxy) is 9. The van der Waals surface area contributed by atoms with Crippen LogP contribution in [-0.2, 0) is 57.0 Å². The van der Waals surface area contributed by atoms with Crippen molar-refractivity contribution in [1.82, 2.24) is 0 Å². The van der Waals surface area contributed by atoms with Crippen molar-refractivity contribution in [3.8, 4) is 0 Å². The van der Waals surface area contributed by atoms with Gasteiger partial charge in [-0.3, -0.25) is 14.4 Å². The number of methoxy groups -OCH3 is 3. The molecule has 0 aromatic heterocycles. The molecule has 6 heterocycles. The van der Waals surface area contributed by atoms with Crippen molar-refractivity contribution >= 4 is 17.9 Å². The molecule has 0 amide bonds. The molecule has 21 heteroatoms. The fourth-order valence-corrected chi connectivity index (χ4v) is 15.4. The van der Waals surface area contributed by atoms with Crippen molar-refractivity contribution in [2.45, 2.75) is 349 Å². The standard InChI is InChI=1S/3C30H50O7/c3*1-9-24(35-8)22(6)28-29(37-28)26(33)18(2)11-10-12-19(3)27-20(4)13-14-21(5)30(7,34)16-15-23(31)17-25(32)36-27/h3*10-14,18,20-24,26-29,31,33-34H,9,15-17H2,1-8H3/b3*11-10+,14-13+,19-12+/t18-,20+,21+,22-,23-,24+,26+,27-,28-,29-,30-;18-,20-,21-,22+,23+,24-,26+,27+,28+,29+,30+;18-,20-,21-,22+,23+,24-,26-,27+,28+,29+,30+/m100/s1. The van der Waals surface area contributed by atoms with E-state index < -0.39 is 89.6 Å². The molecule has 0 radical (unpaired) electrons. The number of epoxide rings is 3. The van der Waals surface area contributed by atoms with Gasteiger partial charge < -0.3 is 88.6 Å². The van der Waals surface area contributed by atoms with Gasteiger partial charge in [0.2, 0.25) is 0 Å². The van der Waals surface area contributed by atoms with Gasteiger partial charge in [0.05, 0.1) is 109 Å². The number of carbonyl (C=O) groups excluding carboxylic acids is 3. The third kappa shape index (κ3) is 31.1. The largest absolute Gasteiger partial charge is 0.457 e. The first-order valence-electron chi connectivity index (χ1n) is 41.4. The Balaban J connectivity index is 0.000000351. The average molecular weight is 1570 g/mol. The Bertz CT molecular complexity index is 2760. The van der Waals surface area contributed by atoms with Gasteiger partial charge in [-0.1, -0.05) is 195 Å². The average Bonchev–Trinajstić information content (AvgIpc) is 1.65. The van der Waals surface area contributed by atoms with Crippen molar-refractivity contribution < 1.29 is 103 Å². The molecule has 0 saturated carbocycles. The van der Waals surface area contributed by atoms with Crippen molar-refractivity contribution in [2.75, 3.05) is 21.3 Å². The van der Waals surface area contributed by atoms with E-state index in [4.69, 9.17) is 42.6 Å². The lowest BCUT2D eigenvalue weighted by molar-refractivity contribution is -0.152. The van der Waals surface area contributed by atoms with E-state index in [0.29, 0.717) is 38.5 Å². The monoisotopic (exact) mass is 1570 g/mol. The van der Waals surface area contributed by atoms with Crippen LogP contribution < -0.4 is 0 Å². The van der Waals surface area contributed by atoms with Gasteiger partial charge in [0, 0.05) is 92.3 Å². The minimum absolute atomic E-state index is 0.00480. The highest BCUT2D eigenvalue weighted by Crippen LogP contribution is 2.41. The Morgan fingerprint density at radius 3 is 0.856 bits per heavy atom. The van der Waals surface area contributed by atoms with Gasteiger partial charge in [0.25, 0.3) is 0 Å². The second-order valence-corrected chi connectivity index (χ2v) is 34.3. The molecule has 6 aliphatic rings. The van der Waals surface area contributed by atoms with E-state index >= 15 is 0 Å². The number of allylic oxidation sites excluding steroid dienone is 6. The fourth-order valence-electron chi connectivity index (χ4n) is 15.4. The van der Waals surface area contributed by atoms with Gasteiger partial charge in [-0.15, -0.1) is 0 Å². The topological polar surface area (TPSA) is 326 Å². The van der Waals surface area contributed by atoms with Gasteiger partial charge >= 0.3 is 17.9 Å². The number of hydrogen-bond acceptors (Lipinski definition) is 21. The summed E-state index contributed by atoms with van der Waals surface area (Å²) in [5, 5.41) is 95.7. The summed E-state index contributed by atoms with van der Waals surface area (Å²) >= 11 is 0. The van der Waals surface area contributed by atoms with Crippen LogP contribution in [-0.4, -0.2) is 212 Å². The Morgan fingerprint density at radius 2 is 0.649 bits per heavy atom. The Morgan fingerprint density at radius 1 is 0.423 bits per heavy atom. The second-order valence-electron chi connectivity index (χ2n) is 34.3. The molecule has 0 aromatic rings. The molecule has 111 heavy (non-hydrogen) atoms. The van der Waals surface area contributed by atoms with Crippen LogP contribution in [0.4, 0.5) is 0 Å². The predicted octanol–water partition coefficient (Wildman–Crippen LogP) is 13.1. The summed E-state index contributed by atoms with van der Waals surface area (Å²) in [4.78, 5) is 37.7. The highest BCUT2D eigenvalue weighted by molar-refractivity contribution is 5.71. The zero-order valence-electron chi connectivity index (χ0n) is 71.9. The number of carbonyl (C=O) groups is 3. The number of cyclic esters (lactones) is 3. The Labute approximate surface area is 667 Å². The summed E-state index contributed by atoms with van der Waals surface area (Å²) in [5.74, 6) is -1.82. The molecule has 9 N–H and O–H groups in total. The number of hydrogen-bond donors (Lipinski definition) is 9. The molecule has 33 atom stereocenters. The molecular weight excluding hydrogens is 1420 g/mol. The van der Waals surface area contributed by atoms with Crippen molar-refractivity contribution in [2.24, 2.45) is 71.0 Å². The van der Waals surface area contributed by atoms with E-state index in [9.17, 15) is 60.3 Å². The lowest BCUT2D eigenvalue weighted by Crippen LogP contribution is -2.34. The van der Waals surface area contributed by atoms with Crippen LogP contribution in [0.2, 0.25) is 0 Å². The van der Waals surface area contributed by atoms with E-state index in [1.165, 1.54) is 0 Å². The lowest BCUT2D eigenvalue weighted by Gasteiger charge is -2.31. The first-order chi connectivity index (χ1) is 51.9. The van der Waals surface area contributed by atoms with Gasteiger partial charge in [0.15, 0.2) is 0 Å². The van der Waals surface area contributed by atoms with Crippen LogP contribution in [0.5, 0.6) is 0 Å². The number of aliphatic hydroxyl groups excluding tert-OH is 6. The van der Waals surface area contributed by atoms with Crippen LogP contribution in [0.25, 0.3) is 0 Å². The maximum atomic E-state index is 12.6. The van der Waals surface area contributed by atoms with Gasteiger partial charge in [-0.25, -0.2) is 0 Å². The quantitative estimate of drug-likeness (QED) is 0.0121. The van der Waals surface area contributed by atoms with Crippen LogP contribution in [0, 0.1) is 71.0 Å². The SMILES string of the molecule is CC[C@H](OC)[C@@H](C)[C@H]1O[C@@H]1[C@@H](O)[C@@H](C)/C=C/C=C(\C)[C@H]1OC(=O)C[C@H](O)CC[C@@](C)(O)[C@@H](C)/C=C/[C@@H]1C.CC[C@H](OC)[C@@H](C)[C@H]1O[C@@H]1[C@@H](O)[C@H](C)/C=C/C=C(\C)[C@H]1OC(=O)C[C@H](O)CC[C@@](C)(O)[C@@H](C)/C=C/[C@@H]1C.CC[C@H](OC)[C@@H](C)[C@H]1O[C@@H]1[C@H](O)[C@@H](C)/C=C/C=C(\C)[C@H]1OC(=O)C[C@H](O)CC[C@@](C)(O)[C@@H](C)/C=C/[C@@H]1C. The molecule has 0 bridgehead atoms. The summed E-state index contributed by atoms with van der Waals surface area (Å²) in [5.41, 5.74) is -0.338. The molecule has 6 aliphatic heterocycles. The first-order valence-corrected chi connectivity index (χ1v) is 41.4. The number of aliphatic hydroxyl groups is 9. The maximum Gasteiger partial charge on any atom is 0.309 e. The fraction of sp³-hybridized carbons (Fsp3) is 0.767. The van der Waals surface area contributed by atoms with Crippen LogP contribution in [0.15, 0.2) is 108 Å². The molecule has 3 fully saturated rings. The van der Waals surface area contributed by atoms with E-state index in [0.717, 1.165) is 36.0 Å². The Kier molecular flexibility index (Phi) is 41.3. The minimum Gasteiger partial charge on any atom is -0.457 e. The highest BCUT2D eigenvalue weighted by atomic mass is 16.6. The van der Waals surface area contributed by atoms with E-state index in [2.05, 4.69) is 41.5 Å². The van der Waals surface area contributed by atoms with Crippen molar-refractivity contribution in [1.29, 1.82) is 0 Å². The molecule has 21 nitrogen and oxygen atoms in total. The summed E-state index contributed by atoms with van der Waals surface area (Å²) in [6.07, 6.45) is 27.3. The predicted molar refractivity (Wildman–Crippen MR) is 434 cm³/mol. The molecular formula is C90H150O21. The minimum atomic E-state index is -0.969. The number of esters is 3. The van der Waals surface area contributed by atoms with E-state index in [-0.39, 0.29) is 145 Å². The zero-order chi connectivity index (χ0) is 83.7. The lowest BCUT2D eigenvalue weighted by atomic mass is 9.84. The molecule has 0 unspecified atom stereocenters. The molecule has 0 spiro atoms. The van der Waals surface area contributed by atoms with Gasteiger partial charge in [0.1, 0.15) is 36.6 Å². The summed E-state index contributed by atoms with van der Waals surface area (Å²) in [6, 6.07) is 0. The maximum absolute atomic E-state index is 12.6. The van der Waals surface area contributed by atoms with Gasteiger partial charge in [-0.05, 0) is 116 Å². The van der Waals surface area contributed by atoms with Crippen LogP contribution in [0.3, 0.4) is 0 Å². The third-order valence-electron chi connectivity index (χ3n) is 24.8. The smallest absolute Gasteiger partial charge is 0.309 e. The van der Waals surface area contributed by atoms with Gasteiger partial charge in [-0.2, -0.15) is 0 Å². The molecule has 6 rings (SSSR count). The molecule has 3 saturated heterocycles. The first kappa shape index (κ1) is 98.8. The summed E-state index contributed by atoms with van der Waals surface area (Å²) < 4.78 is 51.4. The molecule has 0 aliphatic carbocycles. The number of rotatable bonds is 27. The van der Waals surface area contributed by atoms with Crippen LogP contribution in [0.1, 0.15) is 222 Å². The summed E-state index contributed by atoms with van der Waals surface area (Å²) in [6.45, 7) is 41.2. The normalized spacial score (nSPS) is 38.1. The second kappa shape index (κ2) is 46.4. The van der Waals surface area contributed by atoms with Crippen molar-refractivity contribution in [3.05, 3.63) is 108 Å². The zero-order valence-corrected chi connectivity index (χ0v) is 71.9. The third-order valence-corrected chi connectivity index (χ3v) is 24.8. The van der Waals surface area contributed by atoms with Crippen molar-refractivity contribution in [3.63, 3.8) is 0 Å². The molecule has 0 aromatic carbocycles. The molecule has 636 valence electrons. The summed E-state index contributed by atoms with van der Waals surface area (Å²) in [7, 11) is 5.13.